The molecule has 0 unspecified atom stereocenters. The fourth-order valence-electron chi connectivity index (χ4n) is 2.27. The van der Waals surface area contributed by atoms with Crippen molar-refractivity contribution in [2.75, 3.05) is 7.11 Å². The molecule has 0 bridgehead atoms. The Morgan fingerprint density at radius 1 is 1.29 bits per heavy atom. The van der Waals surface area contributed by atoms with Crippen LogP contribution in [0, 0.1) is 6.92 Å². The first-order chi connectivity index (χ1) is 10.1. The number of nitrogens with zero attached hydrogens (tertiary/aromatic N) is 3. The standard InChI is InChI=1S/C15H13N3O3/c1-9-13(15(19)20)14(21-2)18-12(16-9)8-11(17-18)10-6-4-3-5-7-10/h3-8H,1-2H3,(H,19,20). The number of carboxylic acids is 1. The van der Waals surface area contributed by atoms with Crippen LogP contribution in [0.3, 0.4) is 0 Å². The predicted octanol–water partition coefficient (Wildman–Crippen LogP) is 2.41. The minimum absolute atomic E-state index is 0.0210. The van der Waals surface area contributed by atoms with Crippen molar-refractivity contribution in [1.29, 1.82) is 0 Å². The Balaban J connectivity index is 2.29. The van der Waals surface area contributed by atoms with Gasteiger partial charge in [-0.15, -0.1) is 0 Å². The van der Waals surface area contributed by atoms with Gasteiger partial charge in [-0.2, -0.15) is 9.61 Å². The van der Waals surface area contributed by atoms with Crippen molar-refractivity contribution < 1.29 is 14.6 Å². The number of aryl methyl sites for hydroxylation is 1. The number of benzene rings is 1. The van der Waals surface area contributed by atoms with Crippen LogP contribution >= 0.6 is 0 Å². The lowest BCUT2D eigenvalue weighted by Crippen LogP contribution is -2.10. The van der Waals surface area contributed by atoms with Crippen molar-refractivity contribution in [1.82, 2.24) is 14.6 Å². The van der Waals surface area contributed by atoms with Crippen LogP contribution in [-0.2, 0) is 0 Å². The molecule has 0 aliphatic heterocycles. The van der Waals surface area contributed by atoms with Gasteiger partial charge < -0.3 is 9.84 Å². The Morgan fingerprint density at radius 3 is 2.62 bits per heavy atom. The van der Waals surface area contributed by atoms with Crippen molar-refractivity contribution >= 4 is 11.6 Å². The number of aromatic nitrogens is 3. The molecule has 0 aliphatic rings. The van der Waals surface area contributed by atoms with Gasteiger partial charge in [-0.25, -0.2) is 9.78 Å². The van der Waals surface area contributed by atoms with Crippen LogP contribution in [-0.4, -0.2) is 32.8 Å². The first-order valence-corrected chi connectivity index (χ1v) is 6.35. The summed E-state index contributed by atoms with van der Waals surface area (Å²) in [6, 6.07) is 11.4. The van der Waals surface area contributed by atoms with Crippen LogP contribution < -0.4 is 4.74 Å². The van der Waals surface area contributed by atoms with E-state index in [9.17, 15) is 9.90 Å². The average molecular weight is 283 g/mol. The van der Waals surface area contributed by atoms with Crippen molar-refractivity contribution in [2.24, 2.45) is 0 Å². The van der Waals surface area contributed by atoms with Gasteiger partial charge in [-0.1, -0.05) is 30.3 Å². The molecule has 0 saturated heterocycles. The molecule has 2 heterocycles. The maximum Gasteiger partial charge on any atom is 0.343 e. The first-order valence-electron chi connectivity index (χ1n) is 6.35. The van der Waals surface area contributed by atoms with E-state index in [-0.39, 0.29) is 11.4 Å². The minimum Gasteiger partial charge on any atom is -0.480 e. The molecule has 3 rings (SSSR count). The third kappa shape index (κ3) is 2.10. The number of ether oxygens (including phenoxy) is 1. The lowest BCUT2D eigenvalue weighted by Gasteiger charge is -2.08. The minimum atomic E-state index is -1.09. The van der Waals surface area contributed by atoms with E-state index in [0.717, 1.165) is 5.56 Å². The second kappa shape index (κ2) is 4.90. The molecule has 0 radical (unpaired) electrons. The van der Waals surface area contributed by atoms with E-state index in [1.54, 1.807) is 13.0 Å². The lowest BCUT2D eigenvalue weighted by molar-refractivity contribution is 0.0690. The van der Waals surface area contributed by atoms with Gasteiger partial charge in [-0.3, -0.25) is 0 Å². The highest BCUT2D eigenvalue weighted by Gasteiger charge is 2.21. The molecule has 0 aliphatic carbocycles. The Kier molecular flexibility index (Phi) is 3.06. The largest absolute Gasteiger partial charge is 0.480 e. The second-order valence-corrected chi connectivity index (χ2v) is 4.55. The van der Waals surface area contributed by atoms with Gasteiger partial charge >= 0.3 is 5.97 Å². The van der Waals surface area contributed by atoms with Crippen molar-refractivity contribution in [2.45, 2.75) is 6.92 Å². The number of hydrogen-bond donors (Lipinski definition) is 1. The van der Waals surface area contributed by atoms with E-state index in [2.05, 4.69) is 10.1 Å². The molecule has 3 aromatic rings. The molecule has 6 nitrogen and oxygen atoms in total. The van der Waals surface area contributed by atoms with Gasteiger partial charge in [0.2, 0.25) is 5.88 Å². The highest BCUT2D eigenvalue weighted by Crippen LogP contribution is 2.26. The third-order valence-corrected chi connectivity index (χ3v) is 3.22. The first kappa shape index (κ1) is 13.1. The topological polar surface area (TPSA) is 76.7 Å². The zero-order valence-corrected chi connectivity index (χ0v) is 11.6. The molecule has 0 spiro atoms. The quantitative estimate of drug-likeness (QED) is 0.798. The number of fused-ring (bicyclic) bond motifs is 1. The molecule has 0 saturated carbocycles. The number of rotatable bonds is 3. The summed E-state index contributed by atoms with van der Waals surface area (Å²) in [6.45, 7) is 1.64. The summed E-state index contributed by atoms with van der Waals surface area (Å²) in [4.78, 5) is 15.7. The molecule has 1 N–H and O–H groups in total. The molecule has 2 aromatic heterocycles. The summed E-state index contributed by atoms with van der Waals surface area (Å²) in [7, 11) is 1.42. The van der Waals surface area contributed by atoms with Crippen LogP contribution in [0.25, 0.3) is 16.9 Å². The maximum absolute atomic E-state index is 11.4. The Hall–Kier alpha value is -2.89. The molecule has 106 valence electrons. The summed E-state index contributed by atoms with van der Waals surface area (Å²) in [5.41, 5.74) is 2.61. The highest BCUT2D eigenvalue weighted by atomic mass is 16.5. The number of carbonyl (C=O) groups is 1. The van der Waals surface area contributed by atoms with E-state index in [4.69, 9.17) is 4.74 Å². The monoisotopic (exact) mass is 283 g/mol. The van der Waals surface area contributed by atoms with Crippen molar-refractivity contribution in [3.8, 4) is 17.1 Å². The van der Waals surface area contributed by atoms with Gasteiger partial charge in [0.05, 0.1) is 18.5 Å². The van der Waals surface area contributed by atoms with E-state index in [1.165, 1.54) is 11.6 Å². The molecule has 0 amide bonds. The Morgan fingerprint density at radius 2 is 2.00 bits per heavy atom. The van der Waals surface area contributed by atoms with E-state index < -0.39 is 5.97 Å². The lowest BCUT2D eigenvalue weighted by atomic mass is 10.2. The number of carboxylic acid groups (broad SMARTS) is 1. The molecular formula is C15H13N3O3. The van der Waals surface area contributed by atoms with Crippen LogP contribution in [0.4, 0.5) is 0 Å². The molecule has 6 heteroatoms. The zero-order valence-electron chi connectivity index (χ0n) is 11.6. The van der Waals surface area contributed by atoms with Gasteiger partial charge in [0.15, 0.2) is 5.65 Å². The number of hydrogen-bond acceptors (Lipinski definition) is 4. The van der Waals surface area contributed by atoms with Crippen LogP contribution in [0.1, 0.15) is 16.1 Å². The molecule has 0 fully saturated rings. The van der Waals surface area contributed by atoms with Crippen LogP contribution in [0.5, 0.6) is 5.88 Å². The second-order valence-electron chi connectivity index (χ2n) is 4.55. The van der Waals surface area contributed by atoms with Crippen molar-refractivity contribution in [3.63, 3.8) is 0 Å². The Bertz CT molecular complexity index is 825. The third-order valence-electron chi connectivity index (χ3n) is 3.22. The van der Waals surface area contributed by atoms with Gasteiger partial charge in [0.1, 0.15) is 5.56 Å². The van der Waals surface area contributed by atoms with E-state index >= 15 is 0 Å². The SMILES string of the molecule is COc1c(C(=O)O)c(C)nc2cc(-c3ccccc3)nn12. The normalized spacial score (nSPS) is 10.8. The van der Waals surface area contributed by atoms with Crippen molar-refractivity contribution in [3.05, 3.63) is 47.7 Å². The highest BCUT2D eigenvalue weighted by molar-refractivity contribution is 5.92. The number of methoxy groups -OCH3 is 1. The van der Waals surface area contributed by atoms with Gasteiger partial charge in [0.25, 0.3) is 0 Å². The maximum atomic E-state index is 11.4. The fourth-order valence-corrected chi connectivity index (χ4v) is 2.27. The summed E-state index contributed by atoms with van der Waals surface area (Å²) >= 11 is 0. The average Bonchev–Trinajstić information content (AvgIpc) is 2.89. The number of aromatic carboxylic acids is 1. The van der Waals surface area contributed by atoms with E-state index in [0.29, 0.717) is 17.0 Å². The molecule has 21 heavy (non-hydrogen) atoms. The smallest absolute Gasteiger partial charge is 0.343 e. The summed E-state index contributed by atoms with van der Waals surface area (Å²) < 4.78 is 6.65. The van der Waals surface area contributed by atoms with Gasteiger partial charge in [0, 0.05) is 11.6 Å². The molecule has 0 atom stereocenters. The molecular weight excluding hydrogens is 270 g/mol. The van der Waals surface area contributed by atoms with Crippen LogP contribution in [0.15, 0.2) is 36.4 Å². The zero-order chi connectivity index (χ0) is 15.0. The predicted molar refractivity (Wildman–Crippen MR) is 76.7 cm³/mol. The Labute approximate surface area is 120 Å². The van der Waals surface area contributed by atoms with E-state index in [1.807, 2.05) is 30.3 Å². The van der Waals surface area contributed by atoms with Gasteiger partial charge in [-0.05, 0) is 6.92 Å². The fraction of sp³-hybridized carbons (Fsp3) is 0.133. The van der Waals surface area contributed by atoms with Crippen LogP contribution in [0.2, 0.25) is 0 Å². The summed E-state index contributed by atoms with van der Waals surface area (Å²) in [6.07, 6.45) is 0. The molecule has 1 aromatic carbocycles. The summed E-state index contributed by atoms with van der Waals surface area (Å²) in [5, 5.41) is 13.7. The summed E-state index contributed by atoms with van der Waals surface area (Å²) in [5.74, 6) is -0.914.